The molecule has 0 saturated carbocycles. The maximum absolute atomic E-state index is 12.4. The van der Waals surface area contributed by atoms with Crippen LogP contribution in [-0.2, 0) is 15.7 Å². The normalized spacial score (nSPS) is 11.6. The molecule has 0 spiro atoms. The van der Waals surface area contributed by atoms with E-state index in [1.54, 1.807) is 0 Å². The Balaban J connectivity index is 3.23. The van der Waals surface area contributed by atoms with Gasteiger partial charge in [0.15, 0.2) is 0 Å². The van der Waals surface area contributed by atoms with Crippen LogP contribution in [0.25, 0.3) is 6.08 Å². The number of alkyl halides is 3. The molecule has 0 radical (unpaired) electrons. The number of hydrogen-bond donors (Lipinski definition) is 1. The molecular formula is C12H9F3O4. The van der Waals surface area contributed by atoms with E-state index in [0.29, 0.717) is 6.07 Å². The number of rotatable bonds is 3. The van der Waals surface area contributed by atoms with E-state index >= 15 is 0 Å². The minimum atomic E-state index is -4.63. The Morgan fingerprint density at radius 3 is 2.42 bits per heavy atom. The quantitative estimate of drug-likeness (QED) is 0.679. The maximum Gasteiger partial charge on any atom is 0.416 e. The van der Waals surface area contributed by atoms with E-state index in [0.717, 1.165) is 31.4 Å². The Bertz CT molecular complexity index is 532. The lowest BCUT2D eigenvalue weighted by molar-refractivity contribution is -0.137. The highest BCUT2D eigenvalue weighted by atomic mass is 19.4. The lowest BCUT2D eigenvalue weighted by Gasteiger charge is -2.09. The summed E-state index contributed by atoms with van der Waals surface area (Å²) < 4.78 is 41.6. The molecule has 0 aliphatic carbocycles. The third-order valence-electron chi connectivity index (χ3n) is 2.21. The first-order valence-corrected chi connectivity index (χ1v) is 4.96. The summed E-state index contributed by atoms with van der Waals surface area (Å²) in [5.74, 6) is -2.26. The molecule has 0 aromatic heterocycles. The van der Waals surface area contributed by atoms with Gasteiger partial charge in [-0.1, -0.05) is 6.07 Å². The molecular weight excluding hydrogens is 265 g/mol. The molecule has 0 atom stereocenters. The van der Waals surface area contributed by atoms with Crippen molar-refractivity contribution in [1.29, 1.82) is 0 Å². The zero-order valence-electron chi connectivity index (χ0n) is 9.69. The van der Waals surface area contributed by atoms with E-state index in [2.05, 4.69) is 4.74 Å². The molecule has 7 heteroatoms. The SMILES string of the molecule is COC(=O)C=Cc1ccc(C(F)(F)F)cc1C(=O)O. The first-order chi connectivity index (χ1) is 8.75. The molecule has 0 bridgehead atoms. The molecule has 0 heterocycles. The van der Waals surface area contributed by atoms with Gasteiger partial charge >= 0.3 is 18.1 Å². The van der Waals surface area contributed by atoms with Crippen LogP contribution in [-0.4, -0.2) is 24.2 Å². The van der Waals surface area contributed by atoms with Gasteiger partial charge in [-0.3, -0.25) is 0 Å². The molecule has 0 aliphatic rings. The van der Waals surface area contributed by atoms with Crippen LogP contribution in [0.2, 0.25) is 0 Å². The number of carboxylic acid groups (broad SMARTS) is 1. The van der Waals surface area contributed by atoms with Crippen molar-refractivity contribution in [1.82, 2.24) is 0 Å². The molecule has 0 amide bonds. The molecule has 0 fully saturated rings. The summed E-state index contributed by atoms with van der Waals surface area (Å²) >= 11 is 0. The van der Waals surface area contributed by atoms with Gasteiger partial charge in [-0.2, -0.15) is 13.2 Å². The minimum Gasteiger partial charge on any atom is -0.478 e. The molecule has 1 aromatic carbocycles. The number of benzene rings is 1. The molecule has 0 unspecified atom stereocenters. The van der Waals surface area contributed by atoms with Crippen molar-refractivity contribution in [3.05, 3.63) is 41.0 Å². The number of carbonyl (C=O) groups excluding carboxylic acids is 1. The highest BCUT2D eigenvalue weighted by molar-refractivity contribution is 5.95. The number of carboxylic acids is 1. The predicted molar refractivity (Wildman–Crippen MR) is 59.5 cm³/mol. The van der Waals surface area contributed by atoms with E-state index in [-0.39, 0.29) is 5.56 Å². The van der Waals surface area contributed by atoms with Crippen molar-refractivity contribution in [2.45, 2.75) is 6.18 Å². The second-order valence-electron chi connectivity index (χ2n) is 3.46. The Morgan fingerprint density at radius 2 is 1.95 bits per heavy atom. The van der Waals surface area contributed by atoms with E-state index in [1.807, 2.05) is 0 Å². The van der Waals surface area contributed by atoms with Gasteiger partial charge in [0.25, 0.3) is 0 Å². The Kier molecular flexibility index (Phi) is 4.31. The zero-order chi connectivity index (χ0) is 14.6. The number of esters is 1. The molecule has 102 valence electrons. The molecule has 19 heavy (non-hydrogen) atoms. The average Bonchev–Trinajstić information content (AvgIpc) is 2.34. The fourth-order valence-electron chi connectivity index (χ4n) is 1.29. The van der Waals surface area contributed by atoms with Crippen molar-refractivity contribution in [2.24, 2.45) is 0 Å². The summed E-state index contributed by atoms with van der Waals surface area (Å²) in [6.07, 6.45) is -2.63. The van der Waals surface area contributed by atoms with Crippen LogP contribution in [0, 0.1) is 0 Å². The van der Waals surface area contributed by atoms with Gasteiger partial charge < -0.3 is 9.84 Å². The van der Waals surface area contributed by atoms with Gasteiger partial charge in [-0.05, 0) is 23.8 Å². The van der Waals surface area contributed by atoms with E-state index in [9.17, 15) is 22.8 Å². The van der Waals surface area contributed by atoms with Crippen molar-refractivity contribution < 1.29 is 32.6 Å². The highest BCUT2D eigenvalue weighted by Gasteiger charge is 2.31. The third-order valence-corrected chi connectivity index (χ3v) is 2.21. The maximum atomic E-state index is 12.4. The van der Waals surface area contributed by atoms with Crippen molar-refractivity contribution in [2.75, 3.05) is 7.11 Å². The highest BCUT2D eigenvalue weighted by Crippen LogP contribution is 2.30. The monoisotopic (exact) mass is 274 g/mol. The smallest absolute Gasteiger partial charge is 0.416 e. The summed E-state index contributed by atoms with van der Waals surface area (Å²) in [5.41, 5.74) is -1.64. The standard InChI is InChI=1S/C12H9F3O4/c1-19-10(16)5-3-7-2-4-8(12(13,14)15)6-9(7)11(17)18/h2-6H,1H3,(H,17,18). The number of halogens is 3. The number of carbonyl (C=O) groups is 2. The number of hydrogen-bond acceptors (Lipinski definition) is 3. The van der Waals surface area contributed by atoms with Gasteiger partial charge in [-0.15, -0.1) is 0 Å². The summed E-state index contributed by atoms with van der Waals surface area (Å²) in [7, 11) is 1.12. The lowest BCUT2D eigenvalue weighted by Crippen LogP contribution is -2.08. The first-order valence-electron chi connectivity index (χ1n) is 4.96. The fraction of sp³-hybridized carbons (Fsp3) is 0.167. The van der Waals surface area contributed by atoms with Crippen LogP contribution in [0.5, 0.6) is 0 Å². The molecule has 1 N–H and O–H groups in total. The largest absolute Gasteiger partial charge is 0.478 e. The Labute approximate surface area is 106 Å². The van der Waals surface area contributed by atoms with Crippen LogP contribution in [0.15, 0.2) is 24.3 Å². The van der Waals surface area contributed by atoms with Crippen molar-refractivity contribution in [3.8, 4) is 0 Å². The molecule has 0 saturated heterocycles. The molecule has 1 rings (SSSR count). The van der Waals surface area contributed by atoms with E-state index in [4.69, 9.17) is 5.11 Å². The second-order valence-corrected chi connectivity index (χ2v) is 3.46. The second kappa shape index (κ2) is 5.55. The number of methoxy groups -OCH3 is 1. The molecule has 4 nitrogen and oxygen atoms in total. The number of ether oxygens (including phenoxy) is 1. The van der Waals surface area contributed by atoms with Crippen molar-refractivity contribution >= 4 is 18.0 Å². The minimum absolute atomic E-state index is 0.0223. The van der Waals surface area contributed by atoms with Gasteiger partial charge in [0.1, 0.15) is 0 Å². The number of aromatic carboxylic acids is 1. The topological polar surface area (TPSA) is 63.6 Å². The van der Waals surface area contributed by atoms with Crippen LogP contribution >= 0.6 is 0 Å². The van der Waals surface area contributed by atoms with Crippen LogP contribution < -0.4 is 0 Å². The summed E-state index contributed by atoms with van der Waals surface area (Å²) in [4.78, 5) is 21.8. The summed E-state index contributed by atoms with van der Waals surface area (Å²) in [5, 5.41) is 8.86. The van der Waals surface area contributed by atoms with Gasteiger partial charge in [-0.25, -0.2) is 9.59 Å². The van der Waals surface area contributed by atoms with Gasteiger partial charge in [0.05, 0.1) is 18.2 Å². The molecule has 0 aliphatic heterocycles. The summed E-state index contributed by atoms with van der Waals surface area (Å²) in [6.45, 7) is 0. The predicted octanol–water partition coefficient (Wildman–Crippen LogP) is 2.59. The fourth-order valence-corrected chi connectivity index (χ4v) is 1.29. The third kappa shape index (κ3) is 3.84. The summed E-state index contributed by atoms with van der Waals surface area (Å²) in [6, 6.07) is 2.23. The van der Waals surface area contributed by atoms with Crippen LogP contribution in [0.1, 0.15) is 21.5 Å². The van der Waals surface area contributed by atoms with E-state index < -0.39 is 29.2 Å². The average molecular weight is 274 g/mol. The van der Waals surface area contributed by atoms with E-state index in [1.165, 1.54) is 0 Å². The van der Waals surface area contributed by atoms with Gasteiger partial charge in [0.2, 0.25) is 0 Å². The zero-order valence-corrected chi connectivity index (χ0v) is 9.69. The van der Waals surface area contributed by atoms with Crippen LogP contribution in [0.3, 0.4) is 0 Å². The van der Waals surface area contributed by atoms with Gasteiger partial charge in [0, 0.05) is 6.08 Å². The Morgan fingerprint density at radius 1 is 1.32 bits per heavy atom. The first kappa shape index (κ1) is 14.7. The van der Waals surface area contributed by atoms with Crippen LogP contribution in [0.4, 0.5) is 13.2 Å². The Hall–Kier alpha value is -2.31. The molecule has 1 aromatic rings. The van der Waals surface area contributed by atoms with Crippen molar-refractivity contribution in [3.63, 3.8) is 0 Å². The lowest BCUT2D eigenvalue weighted by atomic mass is 10.0.